The molecule has 0 atom stereocenters. The first-order chi connectivity index (χ1) is 8.35. The molecule has 0 radical (unpaired) electrons. The van der Waals surface area contributed by atoms with E-state index in [-0.39, 0.29) is 17.4 Å². The van der Waals surface area contributed by atoms with Gasteiger partial charge in [-0.05, 0) is 27.2 Å². The van der Waals surface area contributed by atoms with E-state index >= 15 is 0 Å². The number of carbonyl (C=O) groups excluding carboxylic acids is 2. The molecule has 2 amide bonds. The molecule has 0 unspecified atom stereocenters. The molecule has 5 nitrogen and oxygen atoms in total. The van der Waals surface area contributed by atoms with Gasteiger partial charge in [-0.25, -0.2) is 0 Å². The lowest BCUT2D eigenvalue weighted by molar-refractivity contribution is -0.122. The molecule has 0 aromatic heterocycles. The Morgan fingerprint density at radius 3 is 1.83 bits per heavy atom. The van der Waals surface area contributed by atoms with Crippen LogP contribution in [0.3, 0.4) is 0 Å². The van der Waals surface area contributed by atoms with Crippen LogP contribution in [-0.4, -0.2) is 37.0 Å². The number of rotatable bonds is 8. The summed E-state index contributed by atoms with van der Waals surface area (Å²) in [5, 5.41) is 8.77. The first-order valence-electron chi connectivity index (χ1n) is 6.63. The second kappa shape index (κ2) is 8.91. The van der Waals surface area contributed by atoms with Crippen molar-refractivity contribution in [1.82, 2.24) is 16.0 Å². The summed E-state index contributed by atoms with van der Waals surface area (Å²) in [7, 11) is 0. The second-order valence-corrected chi connectivity index (χ2v) is 5.38. The Kier molecular flexibility index (Phi) is 8.37. The minimum absolute atomic E-state index is 0.0106. The lowest BCUT2D eigenvalue weighted by atomic mass is 10.1. The van der Waals surface area contributed by atoms with Gasteiger partial charge < -0.3 is 16.0 Å². The normalized spacial score (nSPS) is 11.1. The van der Waals surface area contributed by atoms with E-state index in [1.807, 2.05) is 6.92 Å². The van der Waals surface area contributed by atoms with Crippen LogP contribution in [0.25, 0.3) is 0 Å². The van der Waals surface area contributed by atoms with Gasteiger partial charge in [0.1, 0.15) is 0 Å². The van der Waals surface area contributed by atoms with Gasteiger partial charge in [0.2, 0.25) is 11.8 Å². The van der Waals surface area contributed by atoms with Crippen LogP contribution >= 0.6 is 0 Å². The average molecular weight is 257 g/mol. The molecule has 18 heavy (non-hydrogen) atoms. The molecule has 0 bridgehead atoms. The van der Waals surface area contributed by atoms with Gasteiger partial charge in [0.25, 0.3) is 0 Å². The molecule has 0 saturated heterocycles. The lowest BCUT2D eigenvalue weighted by Gasteiger charge is -2.20. The van der Waals surface area contributed by atoms with Crippen molar-refractivity contribution in [2.75, 3.05) is 19.6 Å². The van der Waals surface area contributed by atoms with Crippen LogP contribution in [0.5, 0.6) is 0 Å². The number of amides is 2. The maximum Gasteiger partial charge on any atom is 0.221 e. The Labute approximate surface area is 110 Å². The van der Waals surface area contributed by atoms with E-state index in [9.17, 15) is 9.59 Å². The van der Waals surface area contributed by atoms with Crippen molar-refractivity contribution in [2.45, 2.75) is 52.5 Å². The maximum absolute atomic E-state index is 11.4. The van der Waals surface area contributed by atoms with E-state index < -0.39 is 0 Å². The highest BCUT2D eigenvalue weighted by atomic mass is 16.2. The summed E-state index contributed by atoms with van der Waals surface area (Å²) in [5.74, 6) is 0.0534. The van der Waals surface area contributed by atoms with Gasteiger partial charge in [-0.3, -0.25) is 9.59 Å². The number of nitrogens with one attached hydrogen (secondary N) is 3. The van der Waals surface area contributed by atoms with Crippen molar-refractivity contribution in [2.24, 2.45) is 0 Å². The van der Waals surface area contributed by atoms with E-state index in [0.29, 0.717) is 32.5 Å². The van der Waals surface area contributed by atoms with Crippen molar-refractivity contribution < 1.29 is 9.59 Å². The number of hydrogen-bond donors (Lipinski definition) is 3. The molecular formula is C13H27N3O2. The first kappa shape index (κ1) is 16.9. The molecular weight excluding hydrogens is 230 g/mol. The zero-order valence-corrected chi connectivity index (χ0v) is 12.1. The van der Waals surface area contributed by atoms with Gasteiger partial charge in [0.15, 0.2) is 0 Å². The summed E-state index contributed by atoms with van der Waals surface area (Å²) in [5.41, 5.74) is 0.0361. The third-order valence-corrected chi connectivity index (χ3v) is 2.25. The van der Waals surface area contributed by atoms with E-state index in [1.165, 1.54) is 0 Å². The van der Waals surface area contributed by atoms with Crippen molar-refractivity contribution >= 4 is 11.8 Å². The first-order valence-corrected chi connectivity index (χ1v) is 6.63. The monoisotopic (exact) mass is 257 g/mol. The molecule has 0 saturated carbocycles. The van der Waals surface area contributed by atoms with Gasteiger partial charge in [-0.2, -0.15) is 0 Å². The number of carbonyl (C=O) groups is 2. The summed E-state index contributed by atoms with van der Waals surface area (Å²) >= 11 is 0. The zero-order valence-electron chi connectivity index (χ0n) is 12.1. The molecule has 0 aliphatic carbocycles. The van der Waals surface area contributed by atoms with Crippen molar-refractivity contribution in [1.29, 1.82) is 0 Å². The van der Waals surface area contributed by atoms with Crippen molar-refractivity contribution in [3.8, 4) is 0 Å². The Balaban J connectivity index is 3.46. The van der Waals surface area contributed by atoms with Crippen LogP contribution in [0.15, 0.2) is 0 Å². The zero-order chi connectivity index (χ0) is 14.0. The van der Waals surface area contributed by atoms with Crippen LogP contribution < -0.4 is 16.0 Å². The van der Waals surface area contributed by atoms with Gasteiger partial charge in [0, 0.05) is 38.0 Å². The van der Waals surface area contributed by atoms with Gasteiger partial charge >= 0.3 is 0 Å². The predicted molar refractivity (Wildman–Crippen MR) is 73.3 cm³/mol. The SMILES string of the molecule is CCCC(=O)NCCNC(=O)CCNC(C)(C)C. The summed E-state index contributed by atoms with van der Waals surface area (Å²) in [6, 6.07) is 0. The highest BCUT2D eigenvalue weighted by molar-refractivity contribution is 5.77. The minimum Gasteiger partial charge on any atom is -0.354 e. The third-order valence-electron chi connectivity index (χ3n) is 2.25. The van der Waals surface area contributed by atoms with Gasteiger partial charge in [-0.1, -0.05) is 6.92 Å². The fourth-order valence-corrected chi connectivity index (χ4v) is 1.36. The molecule has 0 rings (SSSR count). The molecule has 0 aromatic carbocycles. The Morgan fingerprint density at radius 1 is 0.889 bits per heavy atom. The fraction of sp³-hybridized carbons (Fsp3) is 0.846. The third kappa shape index (κ3) is 11.4. The van der Waals surface area contributed by atoms with Crippen molar-refractivity contribution in [3.05, 3.63) is 0 Å². The van der Waals surface area contributed by atoms with Crippen LogP contribution in [0.4, 0.5) is 0 Å². The molecule has 0 spiro atoms. The number of hydrogen-bond acceptors (Lipinski definition) is 3. The molecule has 0 fully saturated rings. The van der Waals surface area contributed by atoms with E-state index in [0.717, 1.165) is 6.42 Å². The van der Waals surface area contributed by atoms with Crippen LogP contribution in [-0.2, 0) is 9.59 Å². The van der Waals surface area contributed by atoms with E-state index in [2.05, 4.69) is 36.7 Å². The van der Waals surface area contributed by atoms with Crippen LogP contribution in [0, 0.1) is 0 Å². The van der Waals surface area contributed by atoms with Crippen LogP contribution in [0.2, 0.25) is 0 Å². The molecule has 106 valence electrons. The highest BCUT2D eigenvalue weighted by Gasteiger charge is 2.09. The summed E-state index contributed by atoms with van der Waals surface area (Å²) in [6.07, 6.45) is 1.85. The quantitative estimate of drug-likeness (QED) is 0.563. The Hall–Kier alpha value is -1.10. The summed E-state index contributed by atoms with van der Waals surface area (Å²) in [6.45, 7) is 9.80. The summed E-state index contributed by atoms with van der Waals surface area (Å²) in [4.78, 5) is 22.6. The van der Waals surface area contributed by atoms with Crippen LogP contribution in [0.1, 0.15) is 47.0 Å². The van der Waals surface area contributed by atoms with Gasteiger partial charge in [-0.15, -0.1) is 0 Å². The standard InChI is InChI=1S/C13H27N3O2/c1-5-6-11(17)14-9-10-15-12(18)7-8-16-13(2,3)4/h16H,5-10H2,1-4H3,(H,14,17)(H,15,18). The fourth-order valence-electron chi connectivity index (χ4n) is 1.36. The highest BCUT2D eigenvalue weighted by Crippen LogP contribution is 1.97. The second-order valence-electron chi connectivity index (χ2n) is 5.38. The molecule has 0 aromatic rings. The summed E-state index contributed by atoms with van der Waals surface area (Å²) < 4.78 is 0. The van der Waals surface area contributed by atoms with E-state index in [1.54, 1.807) is 0 Å². The Morgan fingerprint density at radius 2 is 1.39 bits per heavy atom. The van der Waals surface area contributed by atoms with E-state index in [4.69, 9.17) is 0 Å². The molecule has 3 N–H and O–H groups in total. The average Bonchev–Trinajstić information content (AvgIpc) is 2.23. The Bertz CT molecular complexity index is 259. The molecule has 0 heterocycles. The maximum atomic E-state index is 11.4. The smallest absolute Gasteiger partial charge is 0.221 e. The molecule has 0 aliphatic rings. The molecule has 5 heteroatoms. The van der Waals surface area contributed by atoms with Crippen molar-refractivity contribution in [3.63, 3.8) is 0 Å². The largest absolute Gasteiger partial charge is 0.354 e. The predicted octanol–water partition coefficient (Wildman–Crippen LogP) is 0.797. The molecule has 0 aliphatic heterocycles. The lowest BCUT2D eigenvalue weighted by Crippen LogP contribution is -2.39. The topological polar surface area (TPSA) is 70.2 Å². The van der Waals surface area contributed by atoms with Gasteiger partial charge in [0.05, 0.1) is 0 Å². The minimum atomic E-state index is 0.0106.